The molecule has 0 saturated heterocycles. The van der Waals surface area contributed by atoms with Gasteiger partial charge in [0.15, 0.2) is 5.88 Å². The van der Waals surface area contributed by atoms with E-state index in [9.17, 15) is 9.90 Å². The van der Waals surface area contributed by atoms with Crippen LogP contribution >= 0.6 is 0 Å². The van der Waals surface area contributed by atoms with Gasteiger partial charge in [-0.2, -0.15) is 0 Å². The Labute approximate surface area is 182 Å². The molecule has 4 aliphatic heterocycles. The molecular weight excluding hydrogens is 402 g/mol. The highest BCUT2D eigenvalue weighted by molar-refractivity contribution is 6.19. The quantitative estimate of drug-likeness (QED) is 0.524. The van der Waals surface area contributed by atoms with E-state index in [2.05, 4.69) is 25.3 Å². The third-order valence-corrected chi connectivity index (χ3v) is 5.30. The van der Waals surface area contributed by atoms with Crippen LogP contribution in [0.4, 0.5) is 0 Å². The third-order valence-electron chi connectivity index (χ3n) is 5.30. The molecule has 0 unspecified atom stereocenters. The zero-order chi connectivity index (χ0) is 21.7. The van der Waals surface area contributed by atoms with Crippen molar-refractivity contribution in [3.05, 3.63) is 99.3 Å². The molecule has 32 heavy (non-hydrogen) atoms. The third kappa shape index (κ3) is 3.41. The van der Waals surface area contributed by atoms with Crippen LogP contribution in [-0.4, -0.2) is 32.4 Å². The van der Waals surface area contributed by atoms with E-state index in [1.807, 2.05) is 72.9 Å². The predicted octanol–water partition coefficient (Wildman–Crippen LogP) is 1.97. The minimum atomic E-state index is -0.159. The lowest BCUT2D eigenvalue weighted by Gasteiger charge is -1.95. The molecule has 4 aliphatic rings. The number of aromatic hydroxyl groups is 1. The fourth-order valence-electron chi connectivity index (χ4n) is 3.84. The van der Waals surface area contributed by atoms with Gasteiger partial charge in [-0.1, -0.05) is 0 Å². The number of carbonyl (C=O) groups excluding carboxylic acids is 1. The van der Waals surface area contributed by atoms with Crippen molar-refractivity contribution in [3.8, 4) is 5.88 Å². The van der Waals surface area contributed by atoms with Gasteiger partial charge in [0.05, 0.1) is 22.8 Å². The Balaban J connectivity index is 1.51. The Morgan fingerprint density at radius 1 is 0.750 bits per heavy atom. The van der Waals surface area contributed by atoms with Crippen LogP contribution in [0.5, 0.6) is 5.88 Å². The first-order valence-electron chi connectivity index (χ1n) is 10.1. The smallest absolute Gasteiger partial charge is 0.255 e. The molecular formula is C25H17N5O2. The summed E-state index contributed by atoms with van der Waals surface area (Å²) < 4.78 is 0. The normalized spacial score (nSPS) is 18.6. The SMILES string of the molecule is O=C1NC2=CC3=NC(=Cc4cc(c(O)[nH]4)C=C4C=CC(=N4)C=c4ccc([nH]4)=CC1=C2)C=C3. The van der Waals surface area contributed by atoms with Gasteiger partial charge < -0.3 is 20.4 Å². The number of allylic oxidation sites excluding steroid dienone is 6. The highest BCUT2D eigenvalue weighted by Crippen LogP contribution is 2.25. The molecule has 1 amide bonds. The summed E-state index contributed by atoms with van der Waals surface area (Å²) in [5, 5.41) is 14.9. The van der Waals surface area contributed by atoms with E-state index in [-0.39, 0.29) is 11.8 Å². The molecule has 0 atom stereocenters. The molecule has 0 saturated carbocycles. The van der Waals surface area contributed by atoms with Crippen molar-refractivity contribution >= 4 is 41.6 Å². The Morgan fingerprint density at radius 3 is 2.28 bits per heavy atom. The minimum absolute atomic E-state index is 0.0699. The molecule has 0 radical (unpaired) electrons. The first kappa shape index (κ1) is 18.1. The summed E-state index contributed by atoms with van der Waals surface area (Å²) in [5.41, 5.74) is 5.61. The van der Waals surface area contributed by atoms with Crippen LogP contribution in [0.3, 0.4) is 0 Å². The summed E-state index contributed by atoms with van der Waals surface area (Å²) in [4.78, 5) is 27.8. The molecule has 0 aliphatic carbocycles. The van der Waals surface area contributed by atoms with E-state index in [0.29, 0.717) is 16.8 Å². The number of nitrogens with zero attached hydrogens (tertiary/aromatic N) is 2. The van der Waals surface area contributed by atoms with Gasteiger partial charge in [-0.15, -0.1) is 0 Å². The van der Waals surface area contributed by atoms with Crippen molar-refractivity contribution in [1.29, 1.82) is 0 Å². The summed E-state index contributed by atoms with van der Waals surface area (Å²) in [6.07, 6.45) is 18.6. The summed E-state index contributed by atoms with van der Waals surface area (Å²) in [6, 6.07) is 5.70. The van der Waals surface area contributed by atoms with E-state index in [1.54, 1.807) is 6.08 Å². The molecule has 2 aromatic rings. The van der Waals surface area contributed by atoms with Gasteiger partial charge in [-0.25, -0.2) is 9.98 Å². The van der Waals surface area contributed by atoms with Gasteiger partial charge in [0.1, 0.15) is 0 Å². The minimum Gasteiger partial charge on any atom is -0.494 e. The number of nitrogens with one attached hydrogen (secondary N) is 3. The van der Waals surface area contributed by atoms with Gasteiger partial charge in [-0.05, 0) is 79.0 Å². The molecule has 7 heteroatoms. The van der Waals surface area contributed by atoms with Crippen molar-refractivity contribution in [2.24, 2.45) is 9.98 Å². The summed E-state index contributed by atoms with van der Waals surface area (Å²) in [6.45, 7) is 0. The highest BCUT2D eigenvalue weighted by atomic mass is 16.3. The maximum atomic E-state index is 12.4. The standard InChI is InChI=1S/C25H17N5O2/c31-24-14-7-16-1-3-18(26-16)11-19-4-2-17(27-19)8-15-10-23(30-25(15)32)13-21-6-5-20(28-21)12-22(9-14)29-24/h1-13,26,30,32H,(H,29,31). The zero-order valence-electron chi connectivity index (χ0n) is 16.8. The number of amides is 1. The van der Waals surface area contributed by atoms with Crippen molar-refractivity contribution in [2.75, 3.05) is 0 Å². The Bertz CT molecular complexity index is 1560. The van der Waals surface area contributed by atoms with E-state index >= 15 is 0 Å². The average molecular weight is 419 g/mol. The van der Waals surface area contributed by atoms with Gasteiger partial charge in [0.2, 0.25) is 0 Å². The van der Waals surface area contributed by atoms with Crippen LogP contribution in [0.2, 0.25) is 0 Å². The summed E-state index contributed by atoms with van der Waals surface area (Å²) in [7, 11) is 0. The summed E-state index contributed by atoms with van der Waals surface area (Å²) in [5.74, 6) is -0.0895. The first-order chi connectivity index (χ1) is 15.6. The lowest BCUT2D eigenvalue weighted by atomic mass is 10.2. The number of aromatic amines is 2. The van der Waals surface area contributed by atoms with Crippen molar-refractivity contribution in [1.82, 2.24) is 15.3 Å². The molecule has 4 N–H and O–H groups in total. The number of hydrogen-bond acceptors (Lipinski definition) is 4. The van der Waals surface area contributed by atoms with E-state index in [0.717, 1.165) is 39.2 Å². The Kier molecular flexibility index (Phi) is 3.94. The van der Waals surface area contributed by atoms with Crippen molar-refractivity contribution in [2.45, 2.75) is 0 Å². The highest BCUT2D eigenvalue weighted by Gasteiger charge is 2.17. The second-order valence-corrected chi connectivity index (χ2v) is 7.72. The molecule has 10 bridgehead atoms. The molecule has 6 rings (SSSR count). The van der Waals surface area contributed by atoms with Crippen LogP contribution in [0.25, 0.3) is 24.3 Å². The zero-order valence-corrected chi connectivity index (χ0v) is 16.8. The summed E-state index contributed by atoms with van der Waals surface area (Å²) >= 11 is 0. The van der Waals surface area contributed by atoms with Crippen molar-refractivity contribution in [3.63, 3.8) is 0 Å². The van der Waals surface area contributed by atoms with Crippen LogP contribution in [0.1, 0.15) is 11.3 Å². The molecule has 2 aromatic heterocycles. The molecule has 0 aromatic carbocycles. The van der Waals surface area contributed by atoms with Crippen LogP contribution in [0.15, 0.2) is 87.3 Å². The van der Waals surface area contributed by atoms with Crippen LogP contribution in [-0.2, 0) is 4.79 Å². The second-order valence-electron chi connectivity index (χ2n) is 7.72. The topological polar surface area (TPSA) is 106 Å². The number of hydrogen-bond donors (Lipinski definition) is 4. The number of rotatable bonds is 0. The largest absolute Gasteiger partial charge is 0.494 e. The maximum Gasteiger partial charge on any atom is 0.255 e. The van der Waals surface area contributed by atoms with E-state index in [1.165, 1.54) is 0 Å². The van der Waals surface area contributed by atoms with Gasteiger partial charge in [0.25, 0.3) is 5.91 Å². The molecule has 154 valence electrons. The molecule has 0 fully saturated rings. The lowest BCUT2D eigenvalue weighted by molar-refractivity contribution is -0.115. The number of carbonyl (C=O) groups is 1. The van der Waals surface area contributed by atoms with Gasteiger partial charge in [0, 0.05) is 33.2 Å². The molecule has 0 spiro atoms. The molecule has 6 heterocycles. The number of aromatic nitrogens is 2. The Hall–Kier alpha value is -4.65. The second kappa shape index (κ2) is 6.95. The fourth-order valence-corrected chi connectivity index (χ4v) is 3.84. The lowest BCUT2D eigenvalue weighted by Crippen LogP contribution is -2.18. The average Bonchev–Trinajstić information content (AvgIpc) is 3.55. The maximum absolute atomic E-state index is 12.4. The number of aliphatic imine (C=N–C) groups is 2. The first-order valence-corrected chi connectivity index (χ1v) is 10.1. The van der Waals surface area contributed by atoms with Gasteiger partial charge in [-0.3, -0.25) is 4.79 Å². The number of H-pyrrole nitrogens is 2. The van der Waals surface area contributed by atoms with E-state index < -0.39 is 0 Å². The van der Waals surface area contributed by atoms with Crippen LogP contribution < -0.4 is 16.0 Å². The van der Waals surface area contributed by atoms with Crippen LogP contribution in [0, 0.1) is 0 Å². The fraction of sp³-hybridized carbons (Fsp3) is 0. The van der Waals surface area contributed by atoms with Crippen molar-refractivity contribution < 1.29 is 9.90 Å². The Morgan fingerprint density at radius 2 is 1.47 bits per heavy atom. The number of fused-ring (bicyclic) bond motifs is 7. The monoisotopic (exact) mass is 419 g/mol. The van der Waals surface area contributed by atoms with E-state index in [4.69, 9.17) is 0 Å². The molecule has 7 nitrogen and oxygen atoms in total. The van der Waals surface area contributed by atoms with Gasteiger partial charge >= 0.3 is 0 Å². The predicted molar refractivity (Wildman–Crippen MR) is 125 cm³/mol.